The first-order valence-electron chi connectivity index (χ1n) is 7.18. The highest BCUT2D eigenvalue weighted by Crippen LogP contribution is 2.24. The predicted molar refractivity (Wildman–Crippen MR) is 80.9 cm³/mol. The number of carbonyl (C=O) groups excluding carboxylic acids is 1. The smallest absolute Gasteiger partial charge is 0.158 e. The van der Waals surface area contributed by atoms with Gasteiger partial charge in [-0.2, -0.15) is 0 Å². The van der Waals surface area contributed by atoms with Crippen molar-refractivity contribution in [3.8, 4) is 0 Å². The summed E-state index contributed by atoms with van der Waals surface area (Å²) in [7, 11) is 1.98. The monoisotopic (exact) mass is 280 g/mol. The van der Waals surface area contributed by atoms with Gasteiger partial charge in [0.2, 0.25) is 0 Å². The topological polar surface area (TPSA) is 46.3 Å². The number of aromatic nitrogens is 1. The van der Waals surface area contributed by atoms with Gasteiger partial charge in [0.25, 0.3) is 0 Å². The fraction of sp³-hybridized carbons (Fsp3) is 0.750. The van der Waals surface area contributed by atoms with E-state index < -0.39 is 5.54 Å². The van der Waals surface area contributed by atoms with Crippen molar-refractivity contribution in [3.63, 3.8) is 0 Å². The molecule has 0 bridgehead atoms. The number of hydrogen-bond acceptors (Lipinski definition) is 4. The first kappa shape index (κ1) is 16.9. The van der Waals surface area contributed by atoms with Crippen LogP contribution in [-0.4, -0.2) is 34.5 Å². The molecule has 1 heterocycles. The van der Waals surface area contributed by atoms with E-state index in [0.717, 1.165) is 5.76 Å². The lowest BCUT2D eigenvalue weighted by Crippen LogP contribution is -2.51. The molecule has 0 unspecified atom stereocenters. The van der Waals surface area contributed by atoms with Gasteiger partial charge in [-0.3, -0.25) is 9.69 Å². The van der Waals surface area contributed by atoms with Gasteiger partial charge >= 0.3 is 0 Å². The van der Waals surface area contributed by atoms with Crippen molar-refractivity contribution in [1.29, 1.82) is 0 Å². The molecule has 0 saturated carbocycles. The summed E-state index contributed by atoms with van der Waals surface area (Å²) in [5.41, 5.74) is 0.123. The van der Waals surface area contributed by atoms with Gasteiger partial charge in [-0.25, -0.2) is 0 Å². The Labute approximate surface area is 122 Å². The Morgan fingerprint density at radius 3 is 2.25 bits per heavy atom. The van der Waals surface area contributed by atoms with Crippen LogP contribution < -0.4 is 0 Å². The third kappa shape index (κ3) is 3.69. The Balaban J connectivity index is 2.83. The zero-order valence-corrected chi connectivity index (χ0v) is 14.1. The van der Waals surface area contributed by atoms with Crippen molar-refractivity contribution in [2.75, 3.05) is 7.05 Å². The Kier molecular flexibility index (Phi) is 4.80. The van der Waals surface area contributed by atoms with E-state index in [-0.39, 0.29) is 11.2 Å². The number of hydrogen-bond donors (Lipinski definition) is 0. The highest BCUT2D eigenvalue weighted by atomic mass is 16.5. The molecule has 0 aliphatic carbocycles. The van der Waals surface area contributed by atoms with Gasteiger partial charge in [0.05, 0.1) is 17.7 Å². The van der Waals surface area contributed by atoms with Crippen LogP contribution >= 0.6 is 0 Å². The second-order valence-electron chi connectivity index (χ2n) is 7.30. The van der Waals surface area contributed by atoms with Crippen LogP contribution in [-0.2, 0) is 16.6 Å². The number of ketones is 1. The normalized spacial score (nSPS) is 13.3. The van der Waals surface area contributed by atoms with Gasteiger partial charge in [0.15, 0.2) is 5.78 Å². The van der Waals surface area contributed by atoms with Gasteiger partial charge in [0, 0.05) is 17.5 Å². The summed E-state index contributed by atoms with van der Waals surface area (Å²) in [6.45, 7) is 14.3. The van der Waals surface area contributed by atoms with Crippen molar-refractivity contribution in [2.24, 2.45) is 0 Å². The molecule has 0 aliphatic heterocycles. The van der Waals surface area contributed by atoms with E-state index in [2.05, 4.69) is 44.7 Å². The molecule has 4 heteroatoms. The van der Waals surface area contributed by atoms with Crippen LogP contribution in [0.25, 0.3) is 0 Å². The molecule has 0 spiro atoms. The minimum Gasteiger partial charge on any atom is -0.361 e. The maximum Gasteiger partial charge on any atom is 0.158 e. The summed E-state index contributed by atoms with van der Waals surface area (Å²) in [4.78, 5) is 14.6. The summed E-state index contributed by atoms with van der Waals surface area (Å²) in [5, 5.41) is 4.03. The average molecular weight is 280 g/mol. The third-order valence-corrected chi connectivity index (χ3v) is 3.98. The van der Waals surface area contributed by atoms with Crippen LogP contribution in [0.3, 0.4) is 0 Å². The van der Waals surface area contributed by atoms with Crippen molar-refractivity contribution in [3.05, 3.63) is 17.5 Å². The fourth-order valence-corrected chi connectivity index (χ4v) is 1.97. The average Bonchev–Trinajstić information content (AvgIpc) is 2.75. The molecule has 0 aliphatic rings. The van der Waals surface area contributed by atoms with Crippen LogP contribution in [0.4, 0.5) is 0 Å². The molecular weight excluding hydrogens is 252 g/mol. The lowest BCUT2D eigenvalue weighted by molar-refractivity contribution is -0.129. The first-order chi connectivity index (χ1) is 8.96. The summed E-state index contributed by atoms with van der Waals surface area (Å²) in [6.07, 6.45) is 0.309. The number of carbonyl (C=O) groups is 1. The Morgan fingerprint density at radius 2 is 1.85 bits per heavy atom. The van der Waals surface area contributed by atoms with Gasteiger partial charge in [-0.05, 0) is 34.7 Å². The van der Waals surface area contributed by atoms with Crippen LogP contribution in [0.15, 0.2) is 10.6 Å². The minimum absolute atomic E-state index is 0.0848. The fourth-order valence-electron chi connectivity index (χ4n) is 1.97. The lowest BCUT2D eigenvalue weighted by atomic mass is 9.90. The predicted octanol–water partition coefficient (Wildman–Crippen LogP) is 3.20. The van der Waals surface area contributed by atoms with E-state index in [9.17, 15) is 4.79 Å². The lowest BCUT2D eigenvalue weighted by Gasteiger charge is -2.37. The molecule has 0 N–H and O–H groups in total. The van der Waals surface area contributed by atoms with E-state index in [1.54, 1.807) is 0 Å². The number of rotatable bonds is 5. The van der Waals surface area contributed by atoms with Gasteiger partial charge in [-0.15, -0.1) is 0 Å². The molecule has 1 rings (SSSR count). The van der Waals surface area contributed by atoms with Gasteiger partial charge in [0.1, 0.15) is 5.76 Å². The van der Waals surface area contributed by atoms with Gasteiger partial charge in [-0.1, -0.05) is 25.9 Å². The molecule has 0 fully saturated rings. The van der Waals surface area contributed by atoms with Crippen molar-refractivity contribution in [2.45, 2.75) is 71.9 Å². The van der Waals surface area contributed by atoms with Crippen LogP contribution in [0.1, 0.15) is 59.9 Å². The summed E-state index contributed by atoms with van der Waals surface area (Å²) < 4.78 is 5.33. The molecular formula is C16H28N2O2. The van der Waals surface area contributed by atoms with Crippen molar-refractivity contribution < 1.29 is 9.32 Å². The Bertz CT molecular complexity index is 467. The molecule has 0 saturated heterocycles. The first-order valence-corrected chi connectivity index (χ1v) is 7.18. The molecule has 114 valence electrons. The highest BCUT2D eigenvalue weighted by Gasteiger charge is 2.34. The van der Waals surface area contributed by atoms with E-state index in [4.69, 9.17) is 4.52 Å². The van der Waals surface area contributed by atoms with E-state index >= 15 is 0 Å². The van der Waals surface area contributed by atoms with Crippen molar-refractivity contribution >= 4 is 5.78 Å². The second kappa shape index (κ2) is 5.68. The van der Waals surface area contributed by atoms with E-state index in [1.807, 2.05) is 27.0 Å². The van der Waals surface area contributed by atoms with Crippen molar-refractivity contribution in [1.82, 2.24) is 10.1 Å². The molecule has 0 atom stereocenters. The van der Waals surface area contributed by atoms with Crippen LogP contribution in [0.5, 0.6) is 0 Å². The minimum atomic E-state index is -0.505. The summed E-state index contributed by atoms with van der Waals surface area (Å²) in [6, 6.07) is 2.21. The summed E-state index contributed by atoms with van der Waals surface area (Å²) >= 11 is 0. The number of nitrogens with zero attached hydrogens (tertiary/aromatic N) is 2. The zero-order valence-electron chi connectivity index (χ0n) is 14.1. The molecule has 20 heavy (non-hydrogen) atoms. The maximum absolute atomic E-state index is 12.5. The molecule has 0 aromatic carbocycles. The van der Waals surface area contributed by atoms with Crippen LogP contribution in [0.2, 0.25) is 0 Å². The maximum atomic E-state index is 12.5. The molecule has 0 radical (unpaired) electrons. The Morgan fingerprint density at radius 1 is 1.30 bits per heavy atom. The molecule has 1 aromatic heterocycles. The third-order valence-electron chi connectivity index (χ3n) is 3.98. The van der Waals surface area contributed by atoms with E-state index in [0.29, 0.717) is 18.2 Å². The Hall–Kier alpha value is -1.16. The summed E-state index contributed by atoms with van der Waals surface area (Å²) in [5.74, 6) is 0.970. The molecule has 4 nitrogen and oxygen atoms in total. The number of likely N-dealkylation sites (N-methyl/N-ethyl adjacent to an activating group) is 1. The highest BCUT2D eigenvalue weighted by molar-refractivity contribution is 5.89. The zero-order chi connectivity index (χ0) is 15.7. The standard InChI is InChI=1S/C16H28N2O2/c1-11(2)18(8)16(6,7)13(19)9-12-10-14(20-17-12)15(3,4)5/h10-11H,9H2,1-8H3. The largest absolute Gasteiger partial charge is 0.361 e. The van der Waals surface area contributed by atoms with E-state index in [1.165, 1.54) is 0 Å². The molecule has 0 amide bonds. The quantitative estimate of drug-likeness (QED) is 0.831. The molecule has 1 aromatic rings. The van der Waals surface area contributed by atoms with Crippen LogP contribution in [0, 0.1) is 0 Å². The second-order valence-corrected chi connectivity index (χ2v) is 7.30. The SMILES string of the molecule is CC(C)N(C)C(C)(C)C(=O)Cc1cc(C(C)(C)C)on1. The number of Topliss-reactive ketones (excluding diaryl/α,β-unsaturated/α-hetero) is 1. The van der Waals surface area contributed by atoms with Gasteiger partial charge < -0.3 is 4.52 Å².